The van der Waals surface area contributed by atoms with E-state index in [-0.39, 0.29) is 0 Å². The van der Waals surface area contributed by atoms with Crippen molar-refractivity contribution in [3.05, 3.63) is 23.8 Å². The topological polar surface area (TPSA) is 84.2 Å². The summed E-state index contributed by atoms with van der Waals surface area (Å²) in [7, 11) is -3.11. The molecule has 0 aromatic heterocycles. The largest absolute Gasteiger partial charge is 0.398 e. The first-order valence-corrected chi connectivity index (χ1v) is 6.82. The van der Waals surface area contributed by atoms with Gasteiger partial charge in [-0.15, -0.1) is 0 Å². The van der Waals surface area contributed by atoms with Crippen LogP contribution >= 0.6 is 0 Å². The lowest BCUT2D eigenvalue weighted by molar-refractivity contribution is 0.589. The number of aryl methyl sites for hydroxylation is 1. The minimum Gasteiger partial charge on any atom is -0.398 e. The van der Waals surface area contributed by atoms with Gasteiger partial charge < -0.3 is 11.1 Å². The maximum absolute atomic E-state index is 10.8. The number of hydrogen-bond donors (Lipinski definition) is 3. The Kier molecular flexibility index (Phi) is 4.14. The summed E-state index contributed by atoms with van der Waals surface area (Å²) in [5.74, 6) is 0. The van der Waals surface area contributed by atoms with E-state index >= 15 is 0 Å². The molecule has 1 rings (SSSR count). The van der Waals surface area contributed by atoms with Crippen LogP contribution in [0.5, 0.6) is 0 Å². The normalized spacial score (nSPS) is 11.4. The molecule has 0 aliphatic rings. The Hall–Kier alpha value is -1.27. The van der Waals surface area contributed by atoms with Crippen LogP contribution in [-0.2, 0) is 10.0 Å². The molecular formula is C10H17N3O2S. The van der Waals surface area contributed by atoms with Crippen LogP contribution in [0.2, 0.25) is 0 Å². The number of rotatable bonds is 5. The van der Waals surface area contributed by atoms with Gasteiger partial charge in [-0.2, -0.15) is 0 Å². The summed E-state index contributed by atoms with van der Waals surface area (Å²) in [6.07, 6.45) is 1.14. The number of nitrogen functional groups attached to an aromatic ring is 1. The third-order valence-electron chi connectivity index (χ3n) is 2.10. The molecule has 1 aromatic carbocycles. The summed E-state index contributed by atoms with van der Waals surface area (Å²) in [6.45, 7) is 2.81. The quantitative estimate of drug-likeness (QED) is 0.520. The lowest BCUT2D eigenvalue weighted by Crippen LogP contribution is -2.27. The van der Waals surface area contributed by atoms with E-state index in [2.05, 4.69) is 10.0 Å². The first kappa shape index (κ1) is 12.8. The van der Waals surface area contributed by atoms with Crippen LogP contribution in [0.1, 0.15) is 5.56 Å². The highest BCUT2D eigenvalue weighted by Crippen LogP contribution is 2.16. The van der Waals surface area contributed by atoms with Crippen LogP contribution in [0.15, 0.2) is 18.2 Å². The molecule has 1 aromatic rings. The third kappa shape index (κ3) is 4.50. The van der Waals surface area contributed by atoms with Crippen LogP contribution < -0.4 is 15.8 Å². The van der Waals surface area contributed by atoms with Gasteiger partial charge in [0, 0.05) is 24.5 Å². The van der Waals surface area contributed by atoms with Crippen molar-refractivity contribution in [1.82, 2.24) is 4.72 Å². The molecule has 0 heterocycles. The van der Waals surface area contributed by atoms with E-state index < -0.39 is 10.0 Å². The minimum atomic E-state index is -3.11. The molecule has 0 radical (unpaired) electrons. The van der Waals surface area contributed by atoms with Crippen LogP contribution in [0, 0.1) is 6.92 Å². The molecular weight excluding hydrogens is 226 g/mol. The SMILES string of the molecule is Cc1ccc(NCCNS(C)(=O)=O)cc1N. The Balaban J connectivity index is 2.41. The fourth-order valence-corrected chi connectivity index (χ4v) is 1.67. The predicted octanol–water partition coefficient (Wildman–Crippen LogP) is 0.538. The molecule has 6 heteroatoms. The Morgan fingerprint density at radius 1 is 1.31 bits per heavy atom. The third-order valence-corrected chi connectivity index (χ3v) is 2.83. The van der Waals surface area contributed by atoms with Crippen molar-refractivity contribution in [2.75, 3.05) is 30.4 Å². The van der Waals surface area contributed by atoms with E-state index in [1.54, 1.807) is 0 Å². The van der Waals surface area contributed by atoms with Gasteiger partial charge in [0.15, 0.2) is 0 Å². The molecule has 90 valence electrons. The second-order valence-electron chi connectivity index (χ2n) is 3.66. The zero-order valence-electron chi connectivity index (χ0n) is 9.45. The van der Waals surface area contributed by atoms with Crippen molar-refractivity contribution in [3.8, 4) is 0 Å². The first-order valence-electron chi connectivity index (χ1n) is 4.93. The maximum atomic E-state index is 10.8. The fraction of sp³-hybridized carbons (Fsp3) is 0.400. The van der Waals surface area contributed by atoms with Gasteiger partial charge in [-0.3, -0.25) is 0 Å². The lowest BCUT2D eigenvalue weighted by Gasteiger charge is -2.08. The molecule has 4 N–H and O–H groups in total. The van der Waals surface area contributed by atoms with Crippen molar-refractivity contribution in [2.45, 2.75) is 6.92 Å². The highest BCUT2D eigenvalue weighted by atomic mass is 32.2. The molecule has 0 spiro atoms. The average molecular weight is 243 g/mol. The van der Waals surface area contributed by atoms with E-state index in [0.717, 1.165) is 23.2 Å². The predicted molar refractivity (Wildman–Crippen MR) is 66.9 cm³/mol. The van der Waals surface area contributed by atoms with Crippen LogP contribution in [-0.4, -0.2) is 27.8 Å². The van der Waals surface area contributed by atoms with E-state index in [0.29, 0.717) is 13.1 Å². The van der Waals surface area contributed by atoms with E-state index in [9.17, 15) is 8.42 Å². The molecule has 0 atom stereocenters. The van der Waals surface area contributed by atoms with Gasteiger partial charge >= 0.3 is 0 Å². The van der Waals surface area contributed by atoms with Gasteiger partial charge in [0.2, 0.25) is 10.0 Å². The Morgan fingerprint density at radius 2 is 2.00 bits per heavy atom. The second kappa shape index (κ2) is 5.18. The summed E-state index contributed by atoms with van der Waals surface area (Å²) in [5, 5.41) is 3.08. The van der Waals surface area contributed by atoms with Crippen molar-refractivity contribution >= 4 is 21.4 Å². The smallest absolute Gasteiger partial charge is 0.208 e. The van der Waals surface area contributed by atoms with Crippen LogP contribution in [0.3, 0.4) is 0 Å². The van der Waals surface area contributed by atoms with Crippen LogP contribution in [0.4, 0.5) is 11.4 Å². The summed E-state index contributed by atoms with van der Waals surface area (Å²) in [6, 6.07) is 5.66. The van der Waals surface area contributed by atoms with Crippen LogP contribution in [0.25, 0.3) is 0 Å². The second-order valence-corrected chi connectivity index (χ2v) is 5.50. The molecule has 0 amide bonds. The van der Waals surface area contributed by atoms with Gasteiger partial charge in [0.1, 0.15) is 0 Å². The highest BCUT2D eigenvalue weighted by Gasteiger charge is 1.99. The fourth-order valence-electron chi connectivity index (χ4n) is 1.19. The zero-order valence-corrected chi connectivity index (χ0v) is 10.3. The Bertz CT molecular complexity index is 457. The van der Waals surface area contributed by atoms with Crippen molar-refractivity contribution < 1.29 is 8.42 Å². The monoisotopic (exact) mass is 243 g/mol. The van der Waals surface area contributed by atoms with E-state index in [4.69, 9.17) is 5.73 Å². The molecule has 5 nitrogen and oxygen atoms in total. The molecule has 0 aliphatic carbocycles. The van der Waals surface area contributed by atoms with Gasteiger partial charge in [0.05, 0.1) is 6.26 Å². The molecule has 16 heavy (non-hydrogen) atoms. The standard InChI is InChI=1S/C10H17N3O2S/c1-8-3-4-9(7-10(8)11)12-5-6-13-16(2,14)15/h3-4,7,12-13H,5-6,11H2,1-2H3. The number of anilines is 2. The minimum absolute atomic E-state index is 0.354. The van der Waals surface area contributed by atoms with Gasteiger partial charge in [-0.1, -0.05) is 6.07 Å². The Morgan fingerprint density at radius 3 is 2.56 bits per heavy atom. The van der Waals surface area contributed by atoms with E-state index in [1.165, 1.54) is 0 Å². The van der Waals surface area contributed by atoms with Crippen molar-refractivity contribution in [1.29, 1.82) is 0 Å². The number of nitrogens with one attached hydrogen (secondary N) is 2. The Labute approximate surface area is 96.1 Å². The first-order chi connectivity index (χ1) is 7.38. The summed E-state index contributed by atoms with van der Waals surface area (Å²) in [4.78, 5) is 0. The van der Waals surface area contributed by atoms with Crippen molar-refractivity contribution in [3.63, 3.8) is 0 Å². The average Bonchev–Trinajstić information content (AvgIpc) is 2.17. The molecule has 0 unspecified atom stereocenters. The molecule has 0 aliphatic heterocycles. The van der Waals surface area contributed by atoms with E-state index in [1.807, 2.05) is 25.1 Å². The molecule has 0 saturated heterocycles. The van der Waals surface area contributed by atoms with Crippen molar-refractivity contribution in [2.24, 2.45) is 0 Å². The van der Waals surface area contributed by atoms with Gasteiger partial charge in [0.25, 0.3) is 0 Å². The van der Waals surface area contributed by atoms with Gasteiger partial charge in [-0.25, -0.2) is 13.1 Å². The number of hydrogen-bond acceptors (Lipinski definition) is 4. The summed E-state index contributed by atoms with van der Waals surface area (Å²) in [5.41, 5.74) is 8.38. The zero-order chi connectivity index (χ0) is 12.2. The number of sulfonamides is 1. The molecule has 0 bridgehead atoms. The summed E-state index contributed by atoms with van der Waals surface area (Å²) >= 11 is 0. The maximum Gasteiger partial charge on any atom is 0.208 e. The van der Waals surface area contributed by atoms with Gasteiger partial charge in [-0.05, 0) is 24.6 Å². The number of benzene rings is 1. The lowest BCUT2D eigenvalue weighted by atomic mass is 10.2. The molecule has 0 saturated carbocycles. The highest BCUT2D eigenvalue weighted by molar-refractivity contribution is 7.88. The molecule has 0 fully saturated rings. The summed E-state index contributed by atoms with van der Waals surface area (Å²) < 4.78 is 24.0. The number of nitrogens with two attached hydrogens (primary N) is 1.